The highest BCUT2D eigenvalue weighted by Gasteiger charge is 2.12. The van der Waals surface area contributed by atoms with Crippen molar-refractivity contribution in [2.75, 3.05) is 12.8 Å². The van der Waals surface area contributed by atoms with Crippen molar-refractivity contribution in [1.82, 2.24) is 0 Å². The Morgan fingerprint density at radius 2 is 2.20 bits per heavy atom. The molecular weight excluding hydrogens is 197 g/mol. The first kappa shape index (κ1) is 11.5. The third-order valence-corrected chi connectivity index (χ3v) is 2.21. The van der Waals surface area contributed by atoms with Gasteiger partial charge in [-0.15, -0.1) is 0 Å². The molecule has 0 bridgehead atoms. The van der Waals surface area contributed by atoms with Crippen molar-refractivity contribution in [2.24, 2.45) is 0 Å². The van der Waals surface area contributed by atoms with Crippen LogP contribution in [-0.4, -0.2) is 13.1 Å². The van der Waals surface area contributed by atoms with Crippen LogP contribution < -0.4 is 5.73 Å². The van der Waals surface area contributed by atoms with Crippen molar-refractivity contribution in [2.45, 2.75) is 19.3 Å². The summed E-state index contributed by atoms with van der Waals surface area (Å²) < 4.78 is 17.6. The number of halogens is 1. The summed E-state index contributed by atoms with van der Waals surface area (Å²) in [6, 6.07) is 4.29. The predicted molar refractivity (Wildman–Crippen MR) is 55.9 cm³/mol. The Bertz CT molecular complexity index is 345. The monoisotopic (exact) mass is 211 g/mol. The number of carbonyl (C=O) groups excluding carboxylic acids is 1. The molecular formula is C11H14FNO2. The first-order valence-electron chi connectivity index (χ1n) is 4.65. The molecule has 0 heterocycles. The molecule has 4 heteroatoms. The zero-order chi connectivity index (χ0) is 11.4. The van der Waals surface area contributed by atoms with E-state index in [0.29, 0.717) is 11.3 Å². The molecule has 0 aliphatic rings. The number of benzene rings is 1. The third-order valence-electron chi connectivity index (χ3n) is 2.21. The lowest BCUT2D eigenvalue weighted by Crippen LogP contribution is -2.06. The molecule has 0 spiro atoms. The molecule has 0 amide bonds. The fraction of sp³-hybridized carbons (Fsp3) is 0.364. The van der Waals surface area contributed by atoms with Gasteiger partial charge in [-0.3, -0.25) is 4.79 Å². The fourth-order valence-corrected chi connectivity index (χ4v) is 1.37. The van der Waals surface area contributed by atoms with E-state index in [0.717, 1.165) is 0 Å². The van der Waals surface area contributed by atoms with Crippen molar-refractivity contribution in [1.29, 1.82) is 0 Å². The van der Waals surface area contributed by atoms with Crippen molar-refractivity contribution >= 4 is 11.7 Å². The average molecular weight is 211 g/mol. The van der Waals surface area contributed by atoms with Gasteiger partial charge in [0.1, 0.15) is 5.82 Å². The predicted octanol–water partition coefficient (Wildman–Crippen LogP) is 2.07. The van der Waals surface area contributed by atoms with Crippen LogP contribution >= 0.6 is 0 Å². The van der Waals surface area contributed by atoms with Crippen LogP contribution in [0, 0.1) is 5.82 Å². The number of carbonyl (C=O) groups is 1. The van der Waals surface area contributed by atoms with Gasteiger partial charge in [-0.05, 0) is 29.7 Å². The minimum absolute atomic E-state index is 0.101. The number of nitrogen functional groups attached to an aromatic ring is 1. The highest BCUT2D eigenvalue weighted by molar-refractivity contribution is 5.70. The van der Waals surface area contributed by atoms with Crippen molar-refractivity contribution in [3.8, 4) is 0 Å². The molecule has 0 radical (unpaired) electrons. The lowest BCUT2D eigenvalue weighted by Gasteiger charge is -2.11. The first-order valence-corrected chi connectivity index (χ1v) is 4.65. The molecule has 1 aromatic carbocycles. The molecule has 0 saturated carbocycles. The maximum atomic E-state index is 13.0. The zero-order valence-corrected chi connectivity index (χ0v) is 8.79. The van der Waals surface area contributed by atoms with Gasteiger partial charge < -0.3 is 10.5 Å². The normalized spacial score (nSPS) is 12.2. The molecule has 1 rings (SSSR count). The number of anilines is 1. The molecule has 0 aliphatic heterocycles. The number of rotatable bonds is 3. The highest BCUT2D eigenvalue weighted by Crippen LogP contribution is 2.22. The lowest BCUT2D eigenvalue weighted by atomic mass is 9.97. The molecule has 15 heavy (non-hydrogen) atoms. The highest BCUT2D eigenvalue weighted by atomic mass is 19.1. The van der Waals surface area contributed by atoms with E-state index < -0.39 is 0 Å². The number of nitrogens with two attached hydrogens (primary N) is 1. The van der Waals surface area contributed by atoms with Gasteiger partial charge in [0, 0.05) is 5.69 Å². The van der Waals surface area contributed by atoms with Gasteiger partial charge in [0.2, 0.25) is 0 Å². The molecule has 0 aromatic heterocycles. The van der Waals surface area contributed by atoms with Gasteiger partial charge in [0.15, 0.2) is 0 Å². The van der Waals surface area contributed by atoms with Gasteiger partial charge in [0.05, 0.1) is 13.5 Å². The fourth-order valence-electron chi connectivity index (χ4n) is 1.37. The van der Waals surface area contributed by atoms with Crippen LogP contribution in [0.25, 0.3) is 0 Å². The molecule has 1 unspecified atom stereocenters. The Morgan fingerprint density at radius 1 is 1.53 bits per heavy atom. The second-order valence-electron chi connectivity index (χ2n) is 3.50. The van der Waals surface area contributed by atoms with Gasteiger partial charge in [-0.1, -0.05) is 6.92 Å². The Labute approximate surface area is 88.0 Å². The van der Waals surface area contributed by atoms with Crippen LogP contribution in [-0.2, 0) is 9.53 Å². The van der Waals surface area contributed by atoms with Crippen LogP contribution in [0.1, 0.15) is 24.8 Å². The number of ether oxygens (including phenoxy) is 1. The average Bonchev–Trinajstić information content (AvgIpc) is 2.16. The largest absolute Gasteiger partial charge is 0.469 e. The molecule has 0 aliphatic carbocycles. The molecule has 3 nitrogen and oxygen atoms in total. The maximum Gasteiger partial charge on any atom is 0.306 e. The van der Waals surface area contributed by atoms with E-state index in [1.807, 2.05) is 6.92 Å². The first-order chi connectivity index (χ1) is 7.02. The standard InChI is InChI=1S/C11H14FNO2/c1-7(3-11(14)15-2)8-4-9(12)6-10(13)5-8/h4-7H,3,13H2,1-2H3. The van der Waals surface area contributed by atoms with Gasteiger partial charge in [0.25, 0.3) is 0 Å². The molecule has 0 saturated heterocycles. The van der Waals surface area contributed by atoms with Crippen LogP contribution in [0.5, 0.6) is 0 Å². The van der Waals surface area contributed by atoms with Gasteiger partial charge in [-0.2, -0.15) is 0 Å². The summed E-state index contributed by atoms with van der Waals surface area (Å²) >= 11 is 0. The quantitative estimate of drug-likeness (QED) is 0.615. The van der Waals surface area contributed by atoms with E-state index in [2.05, 4.69) is 4.74 Å². The second kappa shape index (κ2) is 4.77. The van der Waals surface area contributed by atoms with E-state index >= 15 is 0 Å². The maximum absolute atomic E-state index is 13.0. The molecule has 1 aromatic rings. The van der Waals surface area contributed by atoms with E-state index in [4.69, 9.17) is 5.73 Å². The van der Waals surface area contributed by atoms with Crippen molar-refractivity contribution in [3.05, 3.63) is 29.6 Å². The SMILES string of the molecule is COC(=O)CC(C)c1cc(N)cc(F)c1. The summed E-state index contributed by atoms with van der Waals surface area (Å²) in [7, 11) is 1.33. The van der Waals surface area contributed by atoms with Crippen LogP contribution in [0.2, 0.25) is 0 Å². The van der Waals surface area contributed by atoms with Crippen LogP contribution in [0.15, 0.2) is 18.2 Å². The molecule has 82 valence electrons. The molecule has 0 fully saturated rings. The van der Waals surface area contributed by atoms with Crippen LogP contribution in [0.4, 0.5) is 10.1 Å². The number of hydrogen-bond acceptors (Lipinski definition) is 3. The Balaban J connectivity index is 2.81. The lowest BCUT2D eigenvalue weighted by molar-refractivity contribution is -0.140. The minimum atomic E-state index is -0.387. The van der Waals surface area contributed by atoms with E-state index in [1.165, 1.54) is 19.2 Å². The third kappa shape index (κ3) is 3.23. The topological polar surface area (TPSA) is 52.3 Å². The van der Waals surface area contributed by atoms with Gasteiger partial charge in [-0.25, -0.2) is 4.39 Å². The summed E-state index contributed by atoms with van der Waals surface area (Å²) in [6.07, 6.45) is 0.222. The summed E-state index contributed by atoms with van der Waals surface area (Å²) in [6.45, 7) is 1.82. The summed E-state index contributed by atoms with van der Waals surface area (Å²) in [5.74, 6) is -0.803. The van der Waals surface area contributed by atoms with Gasteiger partial charge >= 0.3 is 5.97 Å². The zero-order valence-electron chi connectivity index (χ0n) is 8.79. The Kier molecular flexibility index (Phi) is 3.66. The second-order valence-corrected chi connectivity index (χ2v) is 3.50. The Hall–Kier alpha value is -1.58. The minimum Gasteiger partial charge on any atom is -0.469 e. The van der Waals surface area contributed by atoms with E-state index in [-0.39, 0.29) is 24.1 Å². The number of hydrogen-bond donors (Lipinski definition) is 1. The van der Waals surface area contributed by atoms with Crippen LogP contribution in [0.3, 0.4) is 0 Å². The van der Waals surface area contributed by atoms with Crippen molar-refractivity contribution < 1.29 is 13.9 Å². The van der Waals surface area contributed by atoms with Crippen molar-refractivity contribution in [3.63, 3.8) is 0 Å². The number of esters is 1. The Morgan fingerprint density at radius 3 is 2.73 bits per heavy atom. The molecule has 1 atom stereocenters. The summed E-state index contributed by atoms with van der Waals surface area (Å²) in [5.41, 5.74) is 6.57. The summed E-state index contributed by atoms with van der Waals surface area (Å²) in [4.78, 5) is 11.0. The molecule has 2 N–H and O–H groups in total. The smallest absolute Gasteiger partial charge is 0.306 e. The van der Waals surface area contributed by atoms with E-state index in [9.17, 15) is 9.18 Å². The number of methoxy groups -OCH3 is 1. The van der Waals surface area contributed by atoms with E-state index in [1.54, 1.807) is 6.07 Å². The summed E-state index contributed by atoms with van der Waals surface area (Å²) in [5, 5.41) is 0.